The zero-order chi connectivity index (χ0) is 21.0. The van der Waals surface area contributed by atoms with Crippen LogP contribution in [0.15, 0.2) is 36.4 Å². The molecule has 2 amide bonds. The molecule has 0 aliphatic rings. The lowest BCUT2D eigenvalue weighted by molar-refractivity contribution is 0.0927. The lowest BCUT2D eigenvalue weighted by Crippen LogP contribution is -2.34. The molecule has 0 aliphatic heterocycles. The van der Waals surface area contributed by atoms with E-state index in [9.17, 15) is 18.4 Å². The van der Waals surface area contributed by atoms with E-state index in [2.05, 4.69) is 10.6 Å². The number of hydrogen-bond acceptors (Lipinski definition) is 4. The van der Waals surface area contributed by atoms with E-state index in [-0.39, 0.29) is 31.2 Å². The van der Waals surface area contributed by atoms with Crippen molar-refractivity contribution < 1.29 is 23.1 Å². The molecular weight excluding hydrogens is 398 g/mol. The average Bonchev–Trinajstić information content (AvgIpc) is 3.07. The minimum Gasteiger partial charge on any atom is -0.380 e. The summed E-state index contributed by atoms with van der Waals surface area (Å²) in [7, 11) is 1.48. The summed E-state index contributed by atoms with van der Waals surface area (Å²) >= 11 is 1.19. The van der Waals surface area contributed by atoms with Crippen LogP contribution >= 0.6 is 11.3 Å². The highest BCUT2D eigenvalue weighted by molar-refractivity contribution is 7.21. The highest BCUT2D eigenvalue weighted by atomic mass is 32.1. The Bertz CT molecular complexity index is 1070. The van der Waals surface area contributed by atoms with Gasteiger partial charge in [0.05, 0.1) is 11.5 Å². The molecule has 0 saturated heterocycles. The molecule has 0 spiro atoms. The second-order valence-corrected chi connectivity index (χ2v) is 7.48. The molecule has 3 rings (SSSR count). The number of hydrogen-bond donors (Lipinski definition) is 2. The number of fused-ring (bicyclic) bond motifs is 1. The number of thiophene rings is 1. The first kappa shape index (κ1) is 20.9. The number of aryl methyl sites for hydroxylation is 1. The molecule has 0 saturated carbocycles. The largest absolute Gasteiger partial charge is 0.380 e. The summed E-state index contributed by atoms with van der Waals surface area (Å²) in [5, 5.41) is 5.72. The van der Waals surface area contributed by atoms with Gasteiger partial charge in [-0.3, -0.25) is 9.59 Å². The Balaban J connectivity index is 1.62. The predicted molar refractivity (Wildman–Crippen MR) is 108 cm³/mol. The van der Waals surface area contributed by atoms with E-state index < -0.39 is 17.5 Å². The van der Waals surface area contributed by atoms with Crippen LogP contribution in [0, 0.1) is 18.6 Å². The molecule has 2 N–H and O–H groups in total. The third kappa shape index (κ3) is 4.60. The number of ether oxygens (including phenoxy) is 1. The van der Waals surface area contributed by atoms with Gasteiger partial charge < -0.3 is 15.4 Å². The van der Waals surface area contributed by atoms with Gasteiger partial charge in [-0.25, -0.2) is 8.78 Å². The number of rotatable bonds is 7. The lowest BCUT2D eigenvalue weighted by atomic mass is 10.1. The Morgan fingerprint density at radius 2 is 1.76 bits per heavy atom. The van der Waals surface area contributed by atoms with Gasteiger partial charge >= 0.3 is 0 Å². The summed E-state index contributed by atoms with van der Waals surface area (Å²) < 4.78 is 33.6. The molecule has 0 fully saturated rings. The van der Waals surface area contributed by atoms with Gasteiger partial charge in [0.2, 0.25) is 0 Å². The fourth-order valence-corrected chi connectivity index (χ4v) is 4.04. The van der Waals surface area contributed by atoms with Gasteiger partial charge in [-0.05, 0) is 36.8 Å². The zero-order valence-electron chi connectivity index (χ0n) is 16.0. The third-order valence-corrected chi connectivity index (χ3v) is 5.58. The molecule has 5 nitrogen and oxygen atoms in total. The van der Waals surface area contributed by atoms with Crippen molar-refractivity contribution >= 4 is 33.2 Å². The molecule has 3 aromatic rings. The standard InChI is InChI=1S/C21H20F2N2O3S/c1-12-6-7-13(10-16(12)23)20(26)24-8-9-25-21(27)19-14(11-28-2)18-15(22)4-3-5-17(18)29-19/h3-7,10H,8-9,11H2,1-2H3,(H,24,26)(H,25,27). The summed E-state index contributed by atoms with van der Waals surface area (Å²) in [6.45, 7) is 2.06. The maximum Gasteiger partial charge on any atom is 0.261 e. The number of methoxy groups -OCH3 is 1. The van der Waals surface area contributed by atoms with Gasteiger partial charge in [0.25, 0.3) is 11.8 Å². The maximum absolute atomic E-state index is 14.2. The van der Waals surface area contributed by atoms with Gasteiger partial charge in [-0.2, -0.15) is 0 Å². The Labute approximate surface area is 170 Å². The summed E-state index contributed by atoms with van der Waals surface area (Å²) in [4.78, 5) is 25.0. The second kappa shape index (κ2) is 9.11. The Hall–Kier alpha value is -2.84. The summed E-state index contributed by atoms with van der Waals surface area (Å²) in [5.74, 6) is -1.65. The number of halogens is 2. The van der Waals surface area contributed by atoms with Crippen LogP contribution in [0.4, 0.5) is 8.78 Å². The van der Waals surface area contributed by atoms with Crippen LogP contribution < -0.4 is 10.6 Å². The molecule has 1 heterocycles. The van der Waals surface area contributed by atoms with E-state index in [0.717, 1.165) is 0 Å². The highest BCUT2D eigenvalue weighted by Crippen LogP contribution is 2.33. The van der Waals surface area contributed by atoms with Crippen LogP contribution in [0.2, 0.25) is 0 Å². The molecule has 0 unspecified atom stereocenters. The first-order valence-corrected chi connectivity index (χ1v) is 9.75. The summed E-state index contributed by atoms with van der Waals surface area (Å²) in [6.07, 6.45) is 0. The SMILES string of the molecule is COCc1c(C(=O)NCCNC(=O)c2ccc(C)c(F)c2)sc2cccc(F)c12. The summed E-state index contributed by atoms with van der Waals surface area (Å²) in [6, 6.07) is 8.93. The molecule has 29 heavy (non-hydrogen) atoms. The molecule has 0 aliphatic carbocycles. The van der Waals surface area contributed by atoms with Crippen molar-refractivity contribution in [3.8, 4) is 0 Å². The van der Waals surface area contributed by atoms with Crippen molar-refractivity contribution in [3.63, 3.8) is 0 Å². The van der Waals surface area contributed by atoms with E-state index in [4.69, 9.17) is 4.74 Å². The average molecular weight is 418 g/mol. The Morgan fingerprint density at radius 1 is 1.03 bits per heavy atom. The number of nitrogens with one attached hydrogen (secondary N) is 2. The van der Waals surface area contributed by atoms with Crippen molar-refractivity contribution in [2.45, 2.75) is 13.5 Å². The van der Waals surface area contributed by atoms with Crippen molar-refractivity contribution in [2.24, 2.45) is 0 Å². The normalized spacial score (nSPS) is 10.9. The van der Waals surface area contributed by atoms with E-state index in [1.54, 1.807) is 19.1 Å². The van der Waals surface area contributed by atoms with Gasteiger partial charge in [-0.15, -0.1) is 11.3 Å². The van der Waals surface area contributed by atoms with Crippen LogP contribution in [-0.2, 0) is 11.3 Å². The van der Waals surface area contributed by atoms with Gasteiger partial charge in [-0.1, -0.05) is 12.1 Å². The molecule has 8 heteroatoms. The predicted octanol–water partition coefficient (Wildman–Crippen LogP) is 3.79. The Morgan fingerprint density at radius 3 is 2.45 bits per heavy atom. The first-order chi connectivity index (χ1) is 13.9. The first-order valence-electron chi connectivity index (χ1n) is 8.93. The van der Waals surface area contributed by atoms with Crippen LogP contribution in [0.1, 0.15) is 31.2 Å². The quantitative estimate of drug-likeness (QED) is 0.574. The summed E-state index contributed by atoms with van der Waals surface area (Å²) in [5.41, 5.74) is 1.17. The van der Waals surface area contributed by atoms with E-state index >= 15 is 0 Å². The van der Waals surface area contributed by atoms with Crippen molar-refractivity contribution in [3.05, 3.63) is 69.6 Å². The number of benzene rings is 2. The number of carbonyl (C=O) groups excluding carboxylic acids is 2. The molecule has 1 aromatic heterocycles. The maximum atomic E-state index is 14.2. The molecular formula is C21H20F2N2O3S. The van der Waals surface area contributed by atoms with Crippen LogP contribution in [-0.4, -0.2) is 32.0 Å². The van der Waals surface area contributed by atoms with Crippen LogP contribution in [0.3, 0.4) is 0 Å². The van der Waals surface area contributed by atoms with E-state index in [0.29, 0.717) is 26.1 Å². The smallest absolute Gasteiger partial charge is 0.261 e. The van der Waals surface area contributed by atoms with E-state index in [1.807, 2.05) is 0 Å². The third-order valence-electron chi connectivity index (χ3n) is 4.39. The molecule has 2 aromatic carbocycles. The van der Waals surface area contributed by atoms with Crippen molar-refractivity contribution in [1.29, 1.82) is 0 Å². The monoisotopic (exact) mass is 418 g/mol. The second-order valence-electron chi connectivity index (χ2n) is 6.43. The van der Waals surface area contributed by atoms with Gasteiger partial charge in [0.15, 0.2) is 0 Å². The Kier molecular flexibility index (Phi) is 6.56. The number of amides is 2. The molecule has 0 radical (unpaired) electrons. The van der Waals surface area contributed by atoms with Gasteiger partial charge in [0.1, 0.15) is 11.6 Å². The lowest BCUT2D eigenvalue weighted by Gasteiger charge is -2.08. The minimum atomic E-state index is -0.450. The molecule has 0 bridgehead atoms. The highest BCUT2D eigenvalue weighted by Gasteiger charge is 2.20. The molecule has 0 atom stereocenters. The zero-order valence-corrected chi connectivity index (χ0v) is 16.8. The molecule has 152 valence electrons. The van der Waals surface area contributed by atoms with Gasteiger partial charge in [0, 0.05) is 41.4 Å². The van der Waals surface area contributed by atoms with Crippen molar-refractivity contribution in [1.82, 2.24) is 10.6 Å². The van der Waals surface area contributed by atoms with Crippen molar-refractivity contribution in [2.75, 3.05) is 20.2 Å². The van der Waals surface area contributed by atoms with Crippen LogP contribution in [0.5, 0.6) is 0 Å². The van der Waals surface area contributed by atoms with E-state index in [1.165, 1.54) is 42.7 Å². The topological polar surface area (TPSA) is 67.4 Å². The minimum absolute atomic E-state index is 0.111. The number of carbonyl (C=O) groups is 2. The fraction of sp³-hybridized carbons (Fsp3) is 0.238. The fourth-order valence-electron chi connectivity index (χ4n) is 2.90. The van der Waals surface area contributed by atoms with Crippen LogP contribution in [0.25, 0.3) is 10.1 Å².